The summed E-state index contributed by atoms with van der Waals surface area (Å²) in [5, 5.41) is 3.52. The molecule has 1 fully saturated rings. The monoisotopic (exact) mass is 331 g/mol. The minimum atomic E-state index is -3.65. The highest BCUT2D eigenvalue weighted by Gasteiger charge is 2.34. The summed E-state index contributed by atoms with van der Waals surface area (Å²) < 4.78 is 27.2. The van der Waals surface area contributed by atoms with E-state index >= 15 is 0 Å². The van der Waals surface area contributed by atoms with Gasteiger partial charge in [-0.05, 0) is 24.6 Å². The first-order valence-electron chi connectivity index (χ1n) is 7.29. The van der Waals surface area contributed by atoms with Crippen LogP contribution in [0.2, 0.25) is 0 Å². The second-order valence-corrected chi connectivity index (χ2v) is 7.30. The molecular formula is C16H17N3O3S. The molecule has 1 saturated heterocycles. The summed E-state index contributed by atoms with van der Waals surface area (Å²) in [7, 11) is -3.65. The SMILES string of the molecule is C=CC(=O)N[C@H]1CCN(S(=O)(=O)c2cccc3cccnc23)C1. The Morgan fingerprint density at radius 2 is 2.13 bits per heavy atom. The van der Waals surface area contributed by atoms with Gasteiger partial charge < -0.3 is 5.32 Å². The number of pyridine rings is 1. The van der Waals surface area contributed by atoms with Gasteiger partial charge in [0.1, 0.15) is 4.90 Å². The zero-order valence-electron chi connectivity index (χ0n) is 12.5. The van der Waals surface area contributed by atoms with Gasteiger partial charge in [0.05, 0.1) is 5.52 Å². The van der Waals surface area contributed by atoms with Crippen LogP contribution in [-0.4, -0.2) is 42.7 Å². The van der Waals surface area contributed by atoms with Crippen LogP contribution in [0, 0.1) is 0 Å². The number of benzene rings is 1. The first-order valence-corrected chi connectivity index (χ1v) is 8.73. The largest absolute Gasteiger partial charge is 0.348 e. The summed E-state index contributed by atoms with van der Waals surface area (Å²) in [4.78, 5) is 15.8. The molecule has 1 aromatic heterocycles. The average Bonchev–Trinajstić information content (AvgIpc) is 3.03. The standard InChI is InChI=1S/C16H17N3O3S/c1-2-15(20)18-13-8-10-19(11-13)23(21,22)14-7-3-5-12-6-4-9-17-16(12)14/h2-7,9,13H,1,8,10-11H2,(H,18,20)/t13-/m0/s1. The molecule has 1 aromatic carbocycles. The van der Waals surface area contributed by atoms with Crippen molar-refractivity contribution in [1.29, 1.82) is 0 Å². The molecule has 6 nitrogen and oxygen atoms in total. The molecule has 1 aliphatic rings. The van der Waals surface area contributed by atoms with Crippen molar-refractivity contribution < 1.29 is 13.2 Å². The number of hydrogen-bond donors (Lipinski definition) is 1. The van der Waals surface area contributed by atoms with E-state index in [9.17, 15) is 13.2 Å². The van der Waals surface area contributed by atoms with Crippen molar-refractivity contribution in [2.75, 3.05) is 13.1 Å². The van der Waals surface area contributed by atoms with E-state index in [1.165, 1.54) is 10.4 Å². The number of amides is 1. The first kappa shape index (κ1) is 15.6. The lowest BCUT2D eigenvalue weighted by atomic mass is 10.2. The third kappa shape index (κ3) is 2.97. The third-order valence-electron chi connectivity index (χ3n) is 3.90. The second-order valence-electron chi connectivity index (χ2n) is 5.39. The number of rotatable bonds is 4. The van der Waals surface area contributed by atoms with Gasteiger partial charge in [-0.3, -0.25) is 9.78 Å². The van der Waals surface area contributed by atoms with E-state index in [0.29, 0.717) is 18.5 Å². The summed E-state index contributed by atoms with van der Waals surface area (Å²) in [5.41, 5.74) is 0.466. The maximum Gasteiger partial charge on any atom is 0.245 e. The molecule has 7 heteroatoms. The lowest BCUT2D eigenvalue weighted by Crippen LogP contribution is -2.37. The van der Waals surface area contributed by atoms with Crippen LogP contribution >= 0.6 is 0 Å². The van der Waals surface area contributed by atoms with E-state index in [1.807, 2.05) is 12.1 Å². The first-order chi connectivity index (χ1) is 11.0. The van der Waals surface area contributed by atoms with Gasteiger partial charge in [0, 0.05) is 30.7 Å². The molecule has 23 heavy (non-hydrogen) atoms. The van der Waals surface area contributed by atoms with Crippen molar-refractivity contribution in [2.45, 2.75) is 17.4 Å². The van der Waals surface area contributed by atoms with E-state index in [1.54, 1.807) is 24.4 Å². The highest BCUT2D eigenvalue weighted by Crippen LogP contribution is 2.26. The smallest absolute Gasteiger partial charge is 0.245 e. The Balaban J connectivity index is 1.90. The van der Waals surface area contributed by atoms with Crippen molar-refractivity contribution in [3.05, 3.63) is 49.2 Å². The van der Waals surface area contributed by atoms with Gasteiger partial charge in [-0.2, -0.15) is 4.31 Å². The molecule has 1 N–H and O–H groups in total. The van der Waals surface area contributed by atoms with Crippen molar-refractivity contribution in [3.63, 3.8) is 0 Å². The Hall–Kier alpha value is -2.25. The van der Waals surface area contributed by atoms with Gasteiger partial charge >= 0.3 is 0 Å². The maximum atomic E-state index is 12.9. The van der Waals surface area contributed by atoms with E-state index in [0.717, 1.165) is 5.39 Å². The zero-order valence-corrected chi connectivity index (χ0v) is 13.3. The highest BCUT2D eigenvalue weighted by atomic mass is 32.2. The average molecular weight is 331 g/mol. The Bertz CT molecular complexity index is 859. The molecule has 0 aliphatic carbocycles. The fourth-order valence-electron chi connectivity index (χ4n) is 2.75. The summed E-state index contributed by atoms with van der Waals surface area (Å²) >= 11 is 0. The minimum absolute atomic E-state index is 0.196. The van der Waals surface area contributed by atoms with Gasteiger partial charge in [0.25, 0.3) is 0 Å². The molecule has 0 radical (unpaired) electrons. The zero-order chi connectivity index (χ0) is 16.4. The number of hydrogen-bond acceptors (Lipinski definition) is 4. The number of carbonyl (C=O) groups excluding carboxylic acids is 1. The second kappa shape index (κ2) is 6.10. The van der Waals surface area contributed by atoms with Crippen molar-refractivity contribution in [1.82, 2.24) is 14.6 Å². The number of carbonyl (C=O) groups is 1. The molecule has 1 amide bonds. The Morgan fingerprint density at radius 3 is 2.91 bits per heavy atom. The number of para-hydroxylation sites is 1. The Labute approximate surface area is 134 Å². The maximum absolute atomic E-state index is 12.9. The highest BCUT2D eigenvalue weighted by molar-refractivity contribution is 7.89. The normalized spacial score (nSPS) is 18.9. The van der Waals surface area contributed by atoms with Crippen molar-refractivity contribution in [3.8, 4) is 0 Å². The van der Waals surface area contributed by atoms with Crippen LogP contribution in [0.3, 0.4) is 0 Å². The quantitative estimate of drug-likeness (QED) is 0.857. The minimum Gasteiger partial charge on any atom is -0.348 e. The molecule has 0 spiro atoms. The van der Waals surface area contributed by atoms with Gasteiger partial charge in [0.15, 0.2) is 0 Å². The number of aromatic nitrogens is 1. The van der Waals surface area contributed by atoms with Crippen molar-refractivity contribution in [2.24, 2.45) is 0 Å². The van der Waals surface area contributed by atoms with Gasteiger partial charge in [-0.25, -0.2) is 8.42 Å². The molecule has 1 atom stereocenters. The fourth-order valence-corrected chi connectivity index (χ4v) is 4.41. The van der Waals surface area contributed by atoms with Crippen LogP contribution in [0.4, 0.5) is 0 Å². The molecule has 2 aromatic rings. The summed E-state index contributed by atoms with van der Waals surface area (Å²) in [5.74, 6) is -0.291. The number of sulfonamides is 1. The predicted molar refractivity (Wildman–Crippen MR) is 87.2 cm³/mol. The molecule has 0 saturated carbocycles. The number of nitrogens with one attached hydrogen (secondary N) is 1. The predicted octanol–water partition coefficient (Wildman–Crippen LogP) is 1.30. The van der Waals surface area contributed by atoms with Crippen molar-refractivity contribution >= 4 is 26.8 Å². The number of nitrogens with zero attached hydrogens (tertiary/aromatic N) is 2. The topological polar surface area (TPSA) is 79.4 Å². The molecule has 0 unspecified atom stereocenters. The molecule has 120 valence electrons. The van der Waals surface area contributed by atoms with Crippen LogP contribution in [0.25, 0.3) is 10.9 Å². The van der Waals surface area contributed by atoms with E-state index in [-0.39, 0.29) is 23.4 Å². The molecule has 0 bridgehead atoms. The van der Waals surface area contributed by atoms with E-state index in [4.69, 9.17) is 0 Å². The Morgan fingerprint density at radius 1 is 1.35 bits per heavy atom. The Kier molecular flexibility index (Phi) is 4.14. The molecule has 2 heterocycles. The van der Waals surface area contributed by atoms with Crippen LogP contribution in [0.1, 0.15) is 6.42 Å². The molecule has 1 aliphatic heterocycles. The molecule has 3 rings (SSSR count). The van der Waals surface area contributed by atoms with Gasteiger partial charge in [-0.1, -0.05) is 24.8 Å². The lowest BCUT2D eigenvalue weighted by Gasteiger charge is -2.17. The fraction of sp³-hybridized carbons (Fsp3) is 0.250. The third-order valence-corrected chi connectivity index (χ3v) is 5.79. The van der Waals surface area contributed by atoms with E-state index < -0.39 is 10.0 Å². The van der Waals surface area contributed by atoms with Crippen LogP contribution in [0.15, 0.2) is 54.1 Å². The molecular weight excluding hydrogens is 314 g/mol. The summed E-state index contributed by atoms with van der Waals surface area (Å²) in [6.07, 6.45) is 3.35. The van der Waals surface area contributed by atoms with Gasteiger partial charge in [-0.15, -0.1) is 0 Å². The summed E-state index contributed by atoms with van der Waals surface area (Å²) in [6, 6.07) is 8.52. The number of fused-ring (bicyclic) bond motifs is 1. The van der Waals surface area contributed by atoms with Gasteiger partial charge in [0.2, 0.25) is 15.9 Å². The van der Waals surface area contributed by atoms with Crippen LogP contribution in [0.5, 0.6) is 0 Å². The van der Waals surface area contributed by atoms with Crippen LogP contribution < -0.4 is 5.32 Å². The van der Waals surface area contributed by atoms with Crippen LogP contribution in [-0.2, 0) is 14.8 Å². The van der Waals surface area contributed by atoms with E-state index in [2.05, 4.69) is 16.9 Å². The summed E-state index contributed by atoms with van der Waals surface area (Å²) in [6.45, 7) is 4.02. The lowest BCUT2D eigenvalue weighted by molar-refractivity contribution is -0.117.